The Morgan fingerprint density at radius 2 is 1.95 bits per heavy atom. The molecule has 0 bridgehead atoms. The third kappa shape index (κ3) is 3.21. The van der Waals surface area contributed by atoms with Crippen LogP contribution < -0.4 is 14.8 Å². The maximum Gasteiger partial charge on any atom is 0.161 e. The Kier molecular flexibility index (Phi) is 5.22. The topological polar surface area (TPSA) is 57.5 Å². The van der Waals surface area contributed by atoms with E-state index >= 15 is 0 Å². The van der Waals surface area contributed by atoms with Gasteiger partial charge >= 0.3 is 0 Å². The Labute approximate surface area is 120 Å². The third-order valence-corrected chi connectivity index (χ3v) is 3.67. The van der Waals surface area contributed by atoms with Crippen molar-refractivity contribution in [3.63, 3.8) is 0 Å². The number of ether oxygens (including phenoxy) is 2. The maximum atomic E-state index is 9.11. The molecule has 0 spiro atoms. The van der Waals surface area contributed by atoms with Crippen molar-refractivity contribution in [3.05, 3.63) is 23.8 Å². The van der Waals surface area contributed by atoms with Crippen molar-refractivity contribution < 1.29 is 9.47 Å². The number of nitrogens with one attached hydrogen (secondary N) is 1. The van der Waals surface area contributed by atoms with Crippen LogP contribution in [-0.2, 0) is 0 Å². The van der Waals surface area contributed by atoms with Gasteiger partial charge in [-0.3, -0.25) is 4.90 Å². The highest BCUT2D eigenvalue weighted by molar-refractivity contribution is 5.44. The highest BCUT2D eigenvalue weighted by atomic mass is 16.5. The van der Waals surface area contributed by atoms with Crippen LogP contribution in [-0.4, -0.2) is 45.3 Å². The molecule has 1 aliphatic rings. The van der Waals surface area contributed by atoms with Gasteiger partial charge < -0.3 is 14.8 Å². The molecule has 5 nitrogen and oxygen atoms in total. The summed E-state index contributed by atoms with van der Waals surface area (Å²) in [6, 6.07) is 8.31. The number of piperazine rings is 1. The van der Waals surface area contributed by atoms with E-state index in [-0.39, 0.29) is 6.04 Å². The van der Waals surface area contributed by atoms with E-state index in [0.717, 1.165) is 31.7 Å². The minimum atomic E-state index is 0.113. The number of hydrogen-bond acceptors (Lipinski definition) is 5. The van der Waals surface area contributed by atoms with Crippen LogP contribution in [0.4, 0.5) is 0 Å². The summed E-state index contributed by atoms with van der Waals surface area (Å²) in [6.45, 7) is 3.85. The Morgan fingerprint density at radius 1 is 1.25 bits per heavy atom. The molecule has 2 rings (SSSR count). The molecular weight excluding hydrogens is 254 g/mol. The number of nitrogens with zero attached hydrogens (tertiary/aromatic N) is 2. The number of hydrogen-bond donors (Lipinski definition) is 1. The lowest BCUT2D eigenvalue weighted by atomic mass is 10.0. The first-order valence-electron chi connectivity index (χ1n) is 6.83. The van der Waals surface area contributed by atoms with Crippen LogP contribution >= 0.6 is 0 Å². The van der Waals surface area contributed by atoms with E-state index in [1.54, 1.807) is 14.2 Å². The molecule has 0 unspecified atom stereocenters. The lowest BCUT2D eigenvalue weighted by Gasteiger charge is -2.34. The van der Waals surface area contributed by atoms with Gasteiger partial charge in [-0.15, -0.1) is 0 Å². The number of benzene rings is 1. The Morgan fingerprint density at radius 3 is 2.55 bits per heavy atom. The Bertz CT molecular complexity index is 478. The summed E-state index contributed by atoms with van der Waals surface area (Å²) in [4.78, 5) is 2.35. The number of nitriles is 1. The summed E-state index contributed by atoms with van der Waals surface area (Å²) in [6.07, 6.45) is 0.482. The van der Waals surface area contributed by atoms with Gasteiger partial charge in [-0.05, 0) is 17.7 Å². The summed E-state index contributed by atoms with van der Waals surface area (Å²) in [5.74, 6) is 1.43. The second-order valence-electron chi connectivity index (χ2n) is 4.78. The molecule has 0 saturated carbocycles. The smallest absolute Gasteiger partial charge is 0.161 e. The molecule has 20 heavy (non-hydrogen) atoms. The fourth-order valence-corrected chi connectivity index (χ4v) is 2.60. The van der Waals surface area contributed by atoms with Crippen LogP contribution in [0, 0.1) is 11.3 Å². The molecule has 1 heterocycles. The Hall–Kier alpha value is -1.77. The molecule has 5 heteroatoms. The largest absolute Gasteiger partial charge is 0.493 e. The SMILES string of the molecule is COc1ccc([C@@H](CC#N)N2CCNCC2)cc1OC. The van der Waals surface area contributed by atoms with E-state index in [1.165, 1.54) is 0 Å². The molecule has 1 aromatic rings. The summed E-state index contributed by atoms with van der Waals surface area (Å²) in [7, 11) is 3.26. The first-order chi connectivity index (χ1) is 9.80. The molecule has 0 aromatic heterocycles. The Balaban J connectivity index is 2.26. The molecule has 1 atom stereocenters. The zero-order chi connectivity index (χ0) is 14.4. The van der Waals surface area contributed by atoms with Gasteiger partial charge in [-0.2, -0.15) is 5.26 Å². The minimum Gasteiger partial charge on any atom is -0.493 e. The predicted molar refractivity (Wildman–Crippen MR) is 77.0 cm³/mol. The predicted octanol–water partition coefficient (Wildman–Crippen LogP) is 1.56. The monoisotopic (exact) mass is 275 g/mol. The number of methoxy groups -OCH3 is 2. The molecule has 1 N–H and O–H groups in total. The van der Waals surface area contributed by atoms with Crippen molar-refractivity contribution in [2.24, 2.45) is 0 Å². The van der Waals surface area contributed by atoms with E-state index in [4.69, 9.17) is 14.7 Å². The number of rotatable bonds is 5. The van der Waals surface area contributed by atoms with E-state index in [9.17, 15) is 0 Å². The molecule has 0 aliphatic carbocycles. The molecule has 0 amide bonds. The standard InChI is InChI=1S/C15H21N3O2/c1-19-14-4-3-12(11-15(14)20-2)13(5-6-16)18-9-7-17-8-10-18/h3-4,11,13,17H,5,7-10H2,1-2H3/t13-/m1/s1. The van der Waals surface area contributed by atoms with E-state index in [1.807, 2.05) is 18.2 Å². The summed E-state index contributed by atoms with van der Waals surface area (Å²) in [5.41, 5.74) is 1.10. The average molecular weight is 275 g/mol. The van der Waals surface area contributed by atoms with Gasteiger partial charge in [0.1, 0.15) is 0 Å². The van der Waals surface area contributed by atoms with Gasteiger partial charge in [0.2, 0.25) is 0 Å². The molecule has 0 radical (unpaired) electrons. The average Bonchev–Trinajstić information content (AvgIpc) is 2.52. The second-order valence-corrected chi connectivity index (χ2v) is 4.78. The van der Waals surface area contributed by atoms with Gasteiger partial charge in [0.25, 0.3) is 0 Å². The minimum absolute atomic E-state index is 0.113. The first kappa shape index (κ1) is 14.6. The zero-order valence-corrected chi connectivity index (χ0v) is 12.1. The van der Waals surface area contributed by atoms with Crippen LogP contribution in [0.2, 0.25) is 0 Å². The molecule has 1 fully saturated rings. The van der Waals surface area contributed by atoms with Crippen molar-refractivity contribution in [3.8, 4) is 17.6 Å². The molecule has 1 aromatic carbocycles. The van der Waals surface area contributed by atoms with E-state index in [0.29, 0.717) is 17.9 Å². The van der Waals surface area contributed by atoms with Gasteiger partial charge in [0, 0.05) is 32.2 Å². The van der Waals surface area contributed by atoms with Crippen LogP contribution in [0.15, 0.2) is 18.2 Å². The lowest BCUT2D eigenvalue weighted by molar-refractivity contribution is 0.175. The normalized spacial score (nSPS) is 17.2. The molecule has 108 valence electrons. The van der Waals surface area contributed by atoms with Crippen LogP contribution in [0.3, 0.4) is 0 Å². The van der Waals surface area contributed by atoms with Crippen molar-refractivity contribution in [2.75, 3.05) is 40.4 Å². The van der Waals surface area contributed by atoms with Crippen molar-refractivity contribution in [1.29, 1.82) is 5.26 Å². The van der Waals surface area contributed by atoms with Gasteiger partial charge in [0.15, 0.2) is 11.5 Å². The third-order valence-electron chi connectivity index (χ3n) is 3.67. The fraction of sp³-hybridized carbons (Fsp3) is 0.533. The van der Waals surface area contributed by atoms with Crippen molar-refractivity contribution >= 4 is 0 Å². The molecule has 1 saturated heterocycles. The molecular formula is C15H21N3O2. The first-order valence-corrected chi connectivity index (χ1v) is 6.83. The highest BCUT2D eigenvalue weighted by Crippen LogP contribution is 2.33. The van der Waals surface area contributed by atoms with Crippen LogP contribution in [0.1, 0.15) is 18.0 Å². The maximum absolute atomic E-state index is 9.11. The van der Waals surface area contributed by atoms with Crippen molar-refractivity contribution in [1.82, 2.24) is 10.2 Å². The molecule has 1 aliphatic heterocycles. The van der Waals surface area contributed by atoms with Crippen LogP contribution in [0.25, 0.3) is 0 Å². The van der Waals surface area contributed by atoms with Gasteiger partial charge in [-0.1, -0.05) is 6.07 Å². The second kappa shape index (κ2) is 7.13. The van der Waals surface area contributed by atoms with Gasteiger partial charge in [0.05, 0.1) is 26.7 Å². The van der Waals surface area contributed by atoms with Crippen molar-refractivity contribution in [2.45, 2.75) is 12.5 Å². The summed E-state index contributed by atoms with van der Waals surface area (Å²) >= 11 is 0. The van der Waals surface area contributed by atoms with E-state index in [2.05, 4.69) is 16.3 Å². The van der Waals surface area contributed by atoms with E-state index < -0.39 is 0 Å². The quantitative estimate of drug-likeness (QED) is 0.884. The van der Waals surface area contributed by atoms with Crippen LogP contribution in [0.5, 0.6) is 11.5 Å². The highest BCUT2D eigenvalue weighted by Gasteiger charge is 2.23. The fourth-order valence-electron chi connectivity index (χ4n) is 2.60. The van der Waals surface area contributed by atoms with Gasteiger partial charge in [-0.25, -0.2) is 0 Å². The zero-order valence-electron chi connectivity index (χ0n) is 12.1. The lowest BCUT2D eigenvalue weighted by Crippen LogP contribution is -2.45. The summed E-state index contributed by atoms with van der Waals surface area (Å²) < 4.78 is 10.6. The summed E-state index contributed by atoms with van der Waals surface area (Å²) in [5, 5.41) is 12.4.